The Bertz CT molecular complexity index is 482. The van der Waals surface area contributed by atoms with Crippen molar-refractivity contribution in [3.05, 3.63) is 54.7 Å². The second-order valence-corrected chi connectivity index (χ2v) is 3.35. The van der Waals surface area contributed by atoms with Crippen molar-refractivity contribution in [1.82, 2.24) is 0 Å². The maximum atomic E-state index is 10.9. The molecule has 0 aliphatic carbocycles. The van der Waals surface area contributed by atoms with Crippen LogP contribution in [0.4, 0.5) is 0 Å². The van der Waals surface area contributed by atoms with Gasteiger partial charge in [0.1, 0.15) is 0 Å². The molecule has 0 bridgehead atoms. The molecule has 0 saturated carbocycles. The summed E-state index contributed by atoms with van der Waals surface area (Å²) in [5, 5.41) is 0. The van der Waals surface area contributed by atoms with Crippen LogP contribution in [0.1, 0.15) is 0 Å². The van der Waals surface area contributed by atoms with E-state index in [0.717, 1.165) is 0 Å². The van der Waals surface area contributed by atoms with Crippen LogP contribution >= 0.6 is 0 Å². The monoisotopic (exact) mass is 309 g/mol. The van der Waals surface area contributed by atoms with Crippen molar-refractivity contribution in [1.29, 1.82) is 0 Å². The van der Waals surface area contributed by atoms with Crippen LogP contribution in [0.25, 0.3) is 10.4 Å². The number of rotatable bonds is 2. The fourth-order valence-corrected chi connectivity index (χ4v) is 1.32. The summed E-state index contributed by atoms with van der Waals surface area (Å²) < 4.78 is 46.9. The van der Waals surface area contributed by atoms with Gasteiger partial charge in [0.15, 0.2) is 0 Å². The van der Waals surface area contributed by atoms with Gasteiger partial charge in [0, 0.05) is 26.5 Å². The summed E-state index contributed by atoms with van der Waals surface area (Å²) in [4.78, 5) is 2.22. The van der Waals surface area contributed by atoms with E-state index in [1.807, 2.05) is 0 Å². The molecular formula is C8H4MnN3O5S-. The zero-order chi connectivity index (χ0) is 14.3. The molecule has 1 aromatic rings. The second kappa shape index (κ2) is 17.7. The minimum absolute atomic E-state index is 0. The number of hydrogen-bond acceptors (Lipinski definition) is 2. The number of hydrogen-bond donors (Lipinski definition) is 0. The van der Waals surface area contributed by atoms with Crippen LogP contribution in [0.15, 0.2) is 33.7 Å². The minimum Gasteiger partial charge on any atom is -0.229 e. The number of azide groups is 1. The van der Waals surface area contributed by atoms with Gasteiger partial charge in [-0.15, -0.1) is 0 Å². The average Bonchev–Trinajstić information content (AvgIpc) is 2.91. The third-order valence-electron chi connectivity index (χ3n) is 1.07. The van der Waals surface area contributed by atoms with Crippen molar-refractivity contribution in [2.75, 3.05) is 0 Å². The molecule has 95 valence electrons. The summed E-state index contributed by atoms with van der Waals surface area (Å²) in [6.45, 7) is 13.5. The summed E-state index contributed by atoms with van der Waals surface area (Å²) in [5.74, 6) is 0. The third kappa shape index (κ3) is 10.9. The van der Waals surface area contributed by atoms with Gasteiger partial charge >= 0.3 is 33.9 Å². The predicted molar refractivity (Wildman–Crippen MR) is 50.2 cm³/mol. The van der Waals surface area contributed by atoms with Crippen LogP contribution in [0.2, 0.25) is 0 Å². The van der Waals surface area contributed by atoms with Crippen molar-refractivity contribution >= 4 is 10.0 Å². The topological polar surface area (TPSA) is 143 Å². The maximum absolute atomic E-state index is 10.9. The van der Waals surface area contributed by atoms with E-state index < -0.39 is 10.0 Å². The van der Waals surface area contributed by atoms with E-state index in [4.69, 9.17) is 19.5 Å². The first-order chi connectivity index (χ1) is 8.17. The summed E-state index contributed by atoms with van der Waals surface area (Å²) in [6, 6.07) is 5.84. The van der Waals surface area contributed by atoms with Gasteiger partial charge in [-0.1, -0.05) is 0 Å². The first-order valence-electron chi connectivity index (χ1n) is 3.31. The molecule has 0 aliphatic heterocycles. The Morgan fingerprint density at radius 1 is 1.06 bits per heavy atom. The SMILES string of the molecule is [C-]#[O+].[C-]#[O+].[C-]#[O+].[Mn].[N-]=[N+]=NS(=O)(=O)[c-]1cccc1. The van der Waals surface area contributed by atoms with E-state index in [1.54, 1.807) is 12.1 Å². The van der Waals surface area contributed by atoms with E-state index >= 15 is 0 Å². The van der Waals surface area contributed by atoms with Gasteiger partial charge in [0.25, 0.3) is 0 Å². The molecule has 0 amide bonds. The van der Waals surface area contributed by atoms with Crippen LogP contribution in [-0.2, 0) is 41.0 Å². The third-order valence-corrected chi connectivity index (χ3v) is 2.23. The fourth-order valence-electron chi connectivity index (χ4n) is 0.624. The largest absolute Gasteiger partial charge is 0.229 e. The molecule has 0 aromatic heterocycles. The molecule has 10 heteroatoms. The van der Waals surface area contributed by atoms with Crippen molar-refractivity contribution in [3.8, 4) is 0 Å². The molecule has 0 spiro atoms. The van der Waals surface area contributed by atoms with Crippen molar-refractivity contribution in [2.24, 2.45) is 4.52 Å². The average molecular weight is 309 g/mol. The zero-order valence-corrected chi connectivity index (χ0v) is 10.5. The minimum atomic E-state index is -3.76. The Balaban J connectivity index is -0.000000123. The van der Waals surface area contributed by atoms with E-state index in [-0.39, 0.29) is 22.0 Å². The Kier molecular flexibility index (Phi) is 24.9. The number of sulfonamides is 1. The van der Waals surface area contributed by atoms with Gasteiger partial charge in [-0.25, -0.2) is 20.6 Å². The van der Waals surface area contributed by atoms with Gasteiger partial charge in [0.2, 0.25) is 10.0 Å². The van der Waals surface area contributed by atoms with Crippen molar-refractivity contribution in [2.45, 2.75) is 4.90 Å². The summed E-state index contributed by atoms with van der Waals surface area (Å²) in [5.41, 5.74) is 7.88. The van der Waals surface area contributed by atoms with E-state index in [1.165, 1.54) is 12.1 Å². The second-order valence-electron chi connectivity index (χ2n) is 1.77. The summed E-state index contributed by atoms with van der Waals surface area (Å²) >= 11 is 0. The summed E-state index contributed by atoms with van der Waals surface area (Å²) in [7, 11) is -3.76. The molecule has 0 saturated heterocycles. The van der Waals surface area contributed by atoms with E-state index in [0.29, 0.717) is 0 Å². The Labute approximate surface area is 114 Å². The van der Waals surface area contributed by atoms with Gasteiger partial charge < -0.3 is 0 Å². The maximum Gasteiger partial charge on any atom is 0.217 e. The first kappa shape index (κ1) is 25.3. The van der Waals surface area contributed by atoms with Crippen LogP contribution < -0.4 is 0 Å². The van der Waals surface area contributed by atoms with Crippen LogP contribution in [0, 0.1) is 20.0 Å². The molecule has 1 radical (unpaired) electrons. The first-order valence-corrected chi connectivity index (χ1v) is 4.75. The Morgan fingerprint density at radius 2 is 1.39 bits per heavy atom. The summed E-state index contributed by atoms with van der Waals surface area (Å²) in [6.07, 6.45) is 0. The predicted octanol–water partition coefficient (Wildman–Crippen LogP) is 1.29. The molecule has 1 aromatic carbocycles. The van der Waals surface area contributed by atoms with Crippen LogP contribution in [0.3, 0.4) is 0 Å². The molecule has 0 N–H and O–H groups in total. The van der Waals surface area contributed by atoms with Gasteiger partial charge in [-0.3, -0.25) is 0 Å². The van der Waals surface area contributed by atoms with Gasteiger partial charge in [-0.2, -0.15) is 12.1 Å². The molecular weight excluding hydrogens is 305 g/mol. The quantitative estimate of drug-likeness (QED) is 0.202. The van der Waals surface area contributed by atoms with Crippen molar-refractivity contribution < 1.29 is 39.4 Å². The Hall–Kier alpha value is -1.65. The molecule has 18 heavy (non-hydrogen) atoms. The molecule has 1 rings (SSSR count). The van der Waals surface area contributed by atoms with Gasteiger partial charge in [-0.05, 0) is 10.4 Å². The molecule has 0 aliphatic rings. The molecule has 0 unspecified atom stereocenters. The number of nitrogens with zero attached hydrogens (tertiary/aromatic N) is 3. The van der Waals surface area contributed by atoms with Gasteiger partial charge in [0.05, 0.1) is 0 Å². The Morgan fingerprint density at radius 3 is 1.67 bits per heavy atom. The van der Waals surface area contributed by atoms with E-state index in [9.17, 15) is 8.42 Å². The zero-order valence-electron chi connectivity index (χ0n) is 8.48. The molecule has 8 nitrogen and oxygen atoms in total. The van der Waals surface area contributed by atoms with Crippen molar-refractivity contribution in [3.63, 3.8) is 0 Å². The van der Waals surface area contributed by atoms with Crippen LogP contribution in [-0.4, -0.2) is 8.42 Å². The van der Waals surface area contributed by atoms with Crippen LogP contribution in [0.5, 0.6) is 0 Å². The normalized spacial score (nSPS) is 6.78. The smallest absolute Gasteiger partial charge is 0.217 e. The fraction of sp³-hybridized carbons (Fsp3) is 0. The standard InChI is InChI=1S/C5H4N3O2S.3CO.Mn/c6-7-8-11(9,10)5-3-1-2-4-5;3*1-2;/h1-4H;;;;/q-1;;;;. The molecule has 0 fully saturated rings. The van der Waals surface area contributed by atoms with E-state index in [2.05, 4.69) is 29.4 Å². The molecule has 0 atom stereocenters. The molecule has 0 heterocycles.